The summed E-state index contributed by atoms with van der Waals surface area (Å²) in [6.07, 6.45) is 0.803. The van der Waals surface area contributed by atoms with Crippen LogP contribution in [0.5, 0.6) is 11.5 Å². The van der Waals surface area contributed by atoms with E-state index in [1.165, 1.54) is 4.90 Å². The summed E-state index contributed by atoms with van der Waals surface area (Å²) in [7, 11) is 0. The van der Waals surface area contributed by atoms with E-state index < -0.39 is 11.9 Å². The Morgan fingerprint density at radius 2 is 2.18 bits per heavy atom. The van der Waals surface area contributed by atoms with Gasteiger partial charge in [-0.25, -0.2) is 0 Å². The number of ether oxygens (including phenoxy) is 3. The highest BCUT2D eigenvalue weighted by molar-refractivity contribution is 5.87. The summed E-state index contributed by atoms with van der Waals surface area (Å²) in [5.41, 5.74) is 6.25. The largest absolute Gasteiger partial charge is 0.454 e. The van der Waals surface area contributed by atoms with Gasteiger partial charge in [-0.2, -0.15) is 0 Å². The van der Waals surface area contributed by atoms with Gasteiger partial charge in [0.05, 0.1) is 13.2 Å². The van der Waals surface area contributed by atoms with Gasteiger partial charge in [-0.05, 0) is 18.1 Å². The number of fused-ring (bicyclic) bond motifs is 1. The zero-order chi connectivity index (χ0) is 15.5. The number of primary amides is 1. The van der Waals surface area contributed by atoms with Crippen molar-refractivity contribution in [3.05, 3.63) is 23.8 Å². The molecule has 3 rings (SSSR count). The quantitative estimate of drug-likeness (QED) is 0.849. The number of rotatable bonds is 4. The van der Waals surface area contributed by atoms with E-state index in [-0.39, 0.29) is 25.7 Å². The Bertz CT molecular complexity index is 589. The van der Waals surface area contributed by atoms with Crippen LogP contribution >= 0.6 is 0 Å². The van der Waals surface area contributed by atoms with Gasteiger partial charge in [0.15, 0.2) is 11.5 Å². The summed E-state index contributed by atoms with van der Waals surface area (Å²) in [5, 5.41) is 0. The fourth-order valence-electron chi connectivity index (χ4n) is 2.71. The maximum absolute atomic E-state index is 12.4. The molecule has 118 valence electrons. The normalized spacial score (nSPS) is 20.0. The van der Waals surface area contributed by atoms with E-state index in [1.54, 1.807) is 0 Å². The smallest absolute Gasteiger partial charge is 0.242 e. The number of hydrogen-bond acceptors (Lipinski definition) is 5. The average Bonchev–Trinajstić information content (AvgIpc) is 3.01. The fraction of sp³-hybridized carbons (Fsp3) is 0.467. The third kappa shape index (κ3) is 2.85. The molecular formula is C15H18N2O5. The van der Waals surface area contributed by atoms with Crippen LogP contribution in [0, 0.1) is 0 Å². The van der Waals surface area contributed by atoms with E-state index >= 15 is 0 Å². The van der Waals surface area contributed by atoms with E-state index in [9.17, 15) is 9.59 Å². The molecule has 1 aromatic carbocycles. The van der Waals surface area contributed by atoms with E-state index in [2.05, 4.69) is 0 Å². The lowest BCUT2D eigenvalue weighted by Gasteiger charge is -2.33. The fourth-order valence-corrected chi connectivity index (χ4v) is 2.71. The van der Waals surface area contributed by atoms with Gasteiger partial charge < -0.3 is 24.8 Å². The molecule has 0 aliphatic carbocycles. The van der Waals surface area contributed by atoms with Gasteiger partial charge in [-0.15, -0.1) is 0 Å². The van der Waals surface area contributed by atoms with E-state index in [0.717, 1.165) is 5.56 Å². The molecule has 0 aromatic heterocycles. The molecule has 2 N–H and O–H groups in total. The van der Waals surface area contributed by atoms with Crippen molar-refractivity contribution in [2.24, 2.45) is 5.73 Å². The van der Waals surface area contributed by atoms with E-state index in [4.69, 9.17) is 19.9 Å². The summed E-state index contributed by atoms with van der Waals surface area (Å²) < 4.78 is 16.0. The van der Waals surface area contributed by atoms with Crippen LogP contribution in [-0.4, -0.2) is 49.3 Å². The van der Waals surface area contributed by atoms with Crippen molar-refractivity contribution in [2.45, 2.75) is 18.9 Å². The first-order valence-corrected chi connectivity index (χ1v) is 7.21. The van der Waals surface area contributed by atoms with Gasteiger partial charge in [0.25, 0.3) is 0 Å². The van der Waals surface area contributed by atoms with Crippen LogP contribution in [0.15, 0.2) is 18.2 Å². The minimum absolute atomic E-state index is 0.108. The first-order chi connectivity index (χ1) is 10.7. The Kier molecular flexibility index (Phi) is 4.15. The average molecular weight is 306 g/mol. The molecule has 1 atom stereocenters. The number of aryl methyl sites for hydroxylation is 1. The lowest BCUT2D eigenvalue weighted by Crippen LogP contribution is -2.54. The number of benzene rings is 1. The molecule has 0 radical (unpaired) electrons. The zero-order valence-electron chi connectivity index (χ0n) is 12.1. The molecule has 22 heavy (non-hydrogen) atoms. The molecular weight excluding hydrogens is 288 g/mol. The Labute approximate surface area is 127 Å². The van der Waals surface area contributed by atoms with Gasteiger partial charge in [0.1, 0.15) is 6.04 Å². The van der Waals surface area contributed by atoms with Crippen molar-refractivity contribution >= 4 is 11.8 Å². The monoisotopic (exact) mass is 306 g/mol. The first-order valence-electron chi connectivity index (χ1n) is 7.21. The highest BCUT2D eigenvalue weighted by Crippen LogP contribution is 2.35. The van der Waals surface area contributed by atoms with Crippen molar-refractivity contribution < 1.29 is 23.8 Å². The lowest BCUT2D eigenvalue weighted by atomic mass is 10.1. The number of carbonyl (C=O) groups is 2. The number of amides is 2. The summed E-state index contributed by atoms with van der Waals surface area (Å²) in [6, 6.07) is 4.93. The second kappa shape index (κ2) is 6.23. The van der Waals surface area contributed by atoms with Crippen molar-refractivity contribution in [3.8, 4) is 11.5 Å². The number of hydrogen-bond donors (Lipinski definition) is 1. The number of para-hydroxylation sites is 1. The van der Waals surface area contributed by atoms with Gasteiger partial charge in [-0.1, -0.05) is 12.1 Å². The molecule has 2 aliphatic heterocycles. The van der Waals surface area contributed by atoms with Crippen LogP contribution in [0.2, 0.25) is 0 Å². The Hall–Kier alpha value is -2.28. The second-order valence-corrected chi connectivity index (χ2v) is 5.23. The Morgan fingerprint density at radius 1 is 1.32 bits per heavy atom. The molecule has 0 spiro atoms. The zero-order valence-corrected chi connectivity index (χ0v) is 12.1. The highest BCUT2D eigenvalue weighted by atomic mass is 16.7. The summed E-state index contributed by atoms with van der Waals surface area (Å²) in [6.45, 7) is 1.18. The summed E-state index contributed by atoms with van der Waals surface area (Å²) in [5.74, 6) is 0.754. The predicted octanol–water partition coefficient (Wildman–Crippen LogP) is 0.0606. The van der Waals surface area contributed by atoms with Crippen LogP contribution in [0.1, 0.15) is 12.0 Å². The van der Waals surface area contributed by atoms with Gasteiger partial charge in [-0.3, -0.25) is 9.59 Å². The van der Waals surface area contributed by atoms with Crippen LogP contribution in [-0.2, 0) is 20.7 Å². The molecule has 1 aromatic rings. The van der Waals surface area contributed by atoms with E-state index in [0.29, 0.717) is 31.1 Å². The van der Waals surface area contributed by atoms with Crippen molar-refractivity contribution in [3.63, 3.8) is 0 Å². The van der Waals surface area contributed by atoms with Crippen LogP contribution in [0.3, 0.4) is 0 Å². The van der Waals surface area contributed by atoms with Gasteiger partial charge in [0.2, 0.25) is 18.6 Å². The van der Waals surface area contributed by atoms with Crippen LogP contribution in [0.4, 0.5) is 0 Å². The number of nitrogens with two attached hydrogens (primary N) is 1. The first kappa shape index (κ1) is 14.6. The summed E-state index contributed by atoms with van der Waals surface area (Å²) in [4.78, 5) is 25.3. The van der Waals surface area contributed by atoms with Gasteiger partial charge in [0, 0.05) is 13.0 Å². The van der Waals surface area contributed by atoms with Crippen LogP contribution in [0.25, 0.3) is 0 Å². The maximum Gasteiger partial charge on any atom is 0.242 e. The molecule has 1 saturated heterocycles. The third-order valence-electron chi connectivity index (χ3n) is 3.86. The molecule has 0 bridgehead atoms. The van der Waals surface area contributed by atoms with Gasteiger partial charge >= 0.3 is 0 Å². The van der Waals surface area contributed by atoms with Crippen molar-refractivity contribution in [2.75, 3.05) is 26.6 Å². The van der Waals surface area contributed by atoms with E-state index in [1.807, 2.05) is 18.2 Å². The van der Waals surface area contributed by atoms with Crippen LogP contribution < -0.4 is 15.2 Å². The molecule has 1 fully saturated rings. The SMILES string of the molecule is NC(=O)C1COCCN1C(=O)CCc1cccc2c1OCO2. The minimum Gasteiger partial charge on any atom is -0.454 e. The number of nitrogens with zero attached hydrogens (tertiary/aromatic N) is 1. The lowest BCUT2D eigenvalue weighted by molar-refractivity contribution is -0.147. The highest BCUT2D eigenvalue weighted by Gasteiger charge is 2.31. The summed E-state index contributed by atoms with van der Waals surface area (Å²) >= 11 is 0. The predicted molar refractivity (Wildman–Crippen MR) is 76.4 cm³/mol. The van der Waals surface area contributed by atoms with Crippen molar-refractivity contribution in [1.29, 1.82) is 0 Å². The van der Waals surface area contributed by atoms with Crippen molar-refractivity contribution in [1.82, 2.24) is 4.90 Å². The molecule has 7 heteroatoms. The molecule has 2 amide bonds. The molecule has 1 unspecified atom stereocenters. The number of morpholine rings is 1. The molecule has 2 aliphatic rings. The minimum atomic E-state index is -0.678. The topological polar surface area (TPSA) is 91.1 Å². The molecule has 0 saturated carbocycles. The molecule has 7 nitrogen and oxygen atoms in total. The maximum atomic E-state index is 12.4. The standard InChI is InChI=1S/C15H18N2O5/c16-15(19)11-8-20-7-6-17(11)13(18)5-4-10-2-1-3-12-14(10)22-9-21-12/h1-3,11H,4-9H2,(H2,16,19). The second-order valence-electron chi connectivity index (χ2n) is 5.23. The number of carbonyl (C=O) groups excluding carboxylic acids is 2. The molecule has 2 heterocycles. The third-order valence-corrected chi connectivity index (χ3v) is 3.86. The Balaban J connectivity index is 1.65. The Morgan fingerprint density at radius 3 is 3.00 bits per heavy atom.